The molecule has 1 aromatic heterocycles. The zero-order valence-corrected chi connectivity index (χ0v) is 11.6. The number of hydrogen-bond acceptors (Lipinski definition) is 4. The highest BCUT2D eigenvalue weighted by Crippen LogP contribution is 2.31. The van der Waals surface area contributed by atoms with Crippen molar-refractivity contribution < 1.29 is 14.3 Å². The molecule has 0 unspecified atom stereocenters. The molecule has 0 aliphatic heterocycles. The third-order valence-corrected chi connectivity index (χ3v) is 4.24. The number of halogens is 1. The molecule has 3 N–H and O–H groups in total. The highest BCUT2D eigenvalue weighted by atomic mass is 79.9. The Bertz CT molecular complexity index is 582. The number of hydrogen-bond donors (Lipinski definition) is 2. The zero-order valence-electron chi connectivity index (χ0n) is 9.22. The van der Waals surface area contributed by atoms with Gasteiger partial charge in [0, 0.05) is 15.1 Å². The second-order valence-electron chi connectivity index (χ2n) is 3.59. The van der Waals surface area contributed by atoms with Crippen molar-refractivity contribution in [3.63, 3.8) is 0 Å². The van der Waals surface area contributed by atoms with Gasteiger partial charge in [0.05, 0.1) is 11.3 Å². The van der Waals surface area contributed by atoms with Gasteiger partial charge >= 0.3 is 5.97 Å². The highest BCUT2D eigenvalue weighted by Gasteiger charge is 2.09. The Morgan fingerprint density at radius 2 is 2.22 bits per heavy atom. The molecule has 0 aliphatic carbocycles. The molecule has 6 heteroatoms. The minimum atomic E-state index is -0.983. The molecule has 0 saturated carbocycles. The van der Waals surface area contributed by atoms with Gasteiger partial charge in [0.25, 0.3) is 0 Å². The first-order valence-corrected chi connectivity index (χ1v) is 6.82. The van der Waals surface area contributed by atoms with Crippen molar-refractivity contribution in [1.82, 2.24) is 0 Å². The Hall–Kier alpha value is -1.40. The molecule has 1 aromatic carbocycles. The number of carbonyl (C=O) groups is 1. The van der Waals surface area contributed by atoms with E-state index in [1.165, 1.54) is 12.3 Å². The van der Waals surface area contributed by atoms with Crippen LogP contribution in [0.15, 0.2) is 44.3 Å². The molecule has 0 spiro atoms. The van der Waals surface area contributed by atoms with Gasteiger partial charge in [0.15, 0.2) is 0 Å². The lowest BCUT2D eigenvalue weighted by Crippen LogP contribution is -1.91. The van der Waals surface area contributed by atoms with Gasteiger partial charge in [-0.05, 0) is 40.2 Å². The lowest BCUT2D eigenvalue weighted by Gasteiger charge is -2.03. The summed E-state index contributed by atoms with van der Waals surface area (Å²) in [5.74, 6) is 0.209. The van der Waals surface area contributed by atoms with Gasteiger partial charge in [0.1, 0.15) is 12.0 Å². The van der Waals surface area contributed by atoms with Crippen LogP contribution in [0.2, 0.25) is 0 Å². The molecular formula is C12H10BrNO3S. The molecule has 2 rings (SSSR count). The van der Waals surface area contributed by atoms with Crippen LogP contribution in [-0.4, -0.2) is 11.1 Å². The zero-order chi connectivity index (χ0) is 13.1. The van der Waals surface area contributed by atoms with E-state index in [1.807, 2.05) is 18.2 Å². The summed E-state index contributed by atoms with van der Waals surface area (Å²) in [5.41, 5.74) is 6.51. The van der Waals surface area contributed by atoms with Crippen LogP contribution >= 0.6 is 27.7 Å². The van der Waals surface area contributed by atoms with Crippen LogP contribution in [0.1, 0.15) is 16.1 Å². The van der Waals surface area contributed by atoms with E-state index >= 15 is 0 Å². The molecule has 0 bridgehead atoms. The van der Waals surface area contributed by atoms with Gasteiger partial charge in [-0.2, -0.15) is 0 Å². The average molecular weight is 328 g/mol. The van der Waals surface area contributed by atoms with E-state index < -0.39 is 5.97 Å². The van der Waals surface area contributed by atoms with Crippen molar-refractivity contribution in [3.8, 4) is 0 Å². The molecule has 0 amide bonds. The molecule has 18 heavy (non-hydrogen) atoms. The van der Waals surface area contributed by atoms with Crippen molar-refractivity contribution in [2.45, 2.75) is 10.6 Å². The summed E-state index contributed by atoms with van der Waals surface area (Å²) in [7, 11) is 0. The number of carboxylic acids is 1. The molecule has 1 heterocycles. The van der Waals surface area contributed by atoms with Crippen LogP contribution in [0, 0.1) is 0 Å². The largest absolute Gasteiger partial charge is 0.478 e. The third-order valence-electron chi connectivity index (χ3n) is 2.23. The van der Waals surface area contributed by atoms with E-state index in [9.17, 15) is 4.79 Å². The van der Waals surface area contributed by atoms with E-state index in [2.05, 4.69) is 15.9 Å². The van der Waals surface area contributed by atoms with Gasteiger partial charge in [0.2, 0.25) is 0 Å². The van der Waals surface area contributed by atoms with E-state index in [1.54, 1.807) is 11.8 Å². The van der Waals surface area contributed by atoms with Crippen LogP contribution in [0.4, 0.5) is 5.69 Å². The van der Waals surface area contributed by atoms with Gasteiger partial charge in [-0.1, -0.05) is 0 Å². The Morgan fingerprint density at radius 3 is 2.83 bits per heavy atom. The van der Waals surface area contributed by atoms with Gasteiger partial charge in [-0.15, -0.1) is 11.8 Å². The lowest BCUT2D eigenvalue weighted by molar-refractivity contribution is 0.0696. The summed E-state index contributed by atoms with van der Waals surface area (Å²) in [6.45, 7) is 0. The summed E-state index contributed by atoms with van der Waals surface area (Å²) in [6, 6.07) is 7.08. The molecule has 0 fully saturated rings. The summed E-state index contributed by atoms with van der Waals surface area (Å²) in [4.78, 5) is 11.7. The first-order valence-electron chi connectivity index (χ1n) is 5.05. The van der Waals surface area contributed by atoms with Gasteiger partial charge in [-0.3, -0.25) is 0 Å². The fraction of sp³-hybridized carbons (Fsp3) is 0.0833. The maximum absolute atomic E-state index is 10.7. The second-order valence-corrected chi connectivity index (χ2v) is 5.46. The number of carboxylic acid groups (broad SMARTS) is 1. The number of furan rings is 1. The summed E-state index contributed by atoms with van der Waals surface area (Å²) >= 11 is 4.97. The average Bonchev–Trinajstić information content (AvgIpc) is 2.76. The smallest absolute Gasteiger partial charge is 0.338 e. The van der Waals surface area contributed by atoms with E-state index in [0.717, 1.165) is 9.37 Å². The Balaban J connectivity index is 2.04. The topological polar surface area (TPSA) is 76.5 Å². The van der Waals surface area contributed by atoms with Crippen LogP contribution in [-0.2, 0) is 5.75 Å². The minimum absolute atomic E-state index is 0.168. The molecule has 2 aromatic rings. The Morgan fingerprint density at radius 1 is 1.44 bits per heavy atom. The monoisotopic (exact) mass is 327 g/mol. The first-order chi connectivity index (χ1) is 8.56. The molecule has 0 aliphatic rings. The van der Waals surface area contributed by atoms with Crippen LogP contribution < -0.4 is 5.73 Å². The first kappa shape index (κ1) is 13.0. The van der Waals surface area contributed by atoms with Crippen LogP contribution in [0.3, 0.4) is 0 Å². The molecule has 0 saturated heterocycles. The molecular weight excluding hydrogens is 318 g/mol. The predicted molar refractivity (Wildman–Crippen MR) is 73.8 cm³/mol. The van der Waals surface area contributed by atoms with E-state index in [-0.39, 0.29) is 5.56 Å². The van der Waals surface area contributed by atoms with Crippen molar-refractivity contribution in [2.75, 3.05) is 5.73 Å². The van der Waals surface area contributed by atoms with Crippen molar-refractivity contribution in [2.24, 2.45) is 0 Å². The fourth-order valence-electron chi connectivity index (χ4n) is 1.35. The van der Waals surface area contributed by atoms with Crippen molar-refractivity contribution >= 4 is 39.3 Å². The van der Waals surface area contributed by atoms with Crippen LogP contribution in [0.5, 0.6) is 0 Å². The van der Waals surface area contributed by atoms with Crippen molar-refractivity contribution in [3.05, 3.63) is 46.3 Å². The van der Waals surface area contributed by atoms with E-state index in [4.69, 9.17) is 15.3 Å². The van der Waals surface area contributed by atoms with Gasteiger partial charge in [-0.25, -0.2) is 4.79 Å². The van der Waals surface area contributed by atoms with Crippen LogP contribution in [0.25, 0.3) is 0 Å². The number of rotatable bonds is 4. The minimum Gasteiger partial charge on any atom is -0.478 e. The number of benzene rings is 1. The Labute approximate surface area is 116 Å². The number of anilines is 1. The summed E-state index contributed by atoms with van der Waals surface area (Å²) in [5, 5.41) is 8.77. The number of thioether (sulfide) groups is 1. The number of nitrogen functional groups attached to an aromatic ring is 1. The molecule has 0 atom stereocenters. The predicted octanol–water partition coefficient (Wildman–Crippen LogP) is 3.61. The summed E-state index contributed by atoms with van der Waals surface area (Å²) in [6.07, 6.45) is 1.25. The summed E-state index contributed by atoms with van der Waals surface area (Å²) < 4.78 is 6.08. The molecule has 94 valence electrons. The normalized spacial score (nSPS) is 10.5. The quantitative estimate of drug-likeness (QED) is 0.662. The Kier molecular flexibility index (Phi) is 3.98. The number of aromatic carboxylic acids is 1. The second kappa shape index (κ2) is 5.49. The van der Waals surface area contributed by atoms with Gasteiger partial charge < -0.3 is 15.3 Å². The standard InChI is InChI=1S/C12H10BrNO3S/c13-10-4-8(14)1-2-11(10)18-6-9-3-7(5-17-9)12(15)16/h1-5H,6,14H2,(H,15,16). The number of nitrogens with two attached hydrogens (primary N) is 1. The van der Waals surface area contributed by atoms with E-state index in [0.29, 0.717) is 17.2 Å². The molecule has 0 radical (unpaired) electrons. The maximum Gasteiger partial charge on any atom is 0.338 e. The SMILES string of the molecule is Nc1ccc(SCc2cc(C(=O)O)co2)c(Br)c1. The highest BCUT2D eigenvalue weighted by molar-refractivity contribution is 9.10. The molecule has 4 nitrogen and oxygen atoms in total. The van der Waals surface area contributed by atoms with Crippen molar-refractivity contribution in [1.29, 1.82) is 0 Å². The third kappa shape index (κ3) is 3.08. The maximum atomic E-state index is 10.7. The fourth-order valence-corrected chi connectivity index (χ4v) is 2.90. The lowest BCUT2D eigenvalue weighted by atomic mass is 10.3.